The fourth-order valence-electron chi connectivity index (χ4n) is 2.04. The second-order valence-corrected chi connectivity index (χ2v) is 5.90. The quantitative estimate of drug-likeness (QED) is 0.786. The molecule has 2 aromatic rings. The Hall–Kier alpha value is -1.52. The maximum absolute atomic E-state index is 6.25. The average molecular weight is 305 g/mol. The number of benzene rings is 1. The van der Waals surface area contributed by atoms with Gasteiger partial charge in [-0.1, -0.05) is 32.0 Å². The molecule has 0 spiro atoms. The van der Waals surface area contributed by atoms with E-state index in [0.29, 0.717) is 6.61 Å². The van der Waals surface area contributed by atoms with Gasteiger partial charge in [-0.25, -0.2) is 0 Å². The SMILES string of the molecule is CCCOc1ccccc1OC(c1cccs1)C(N)CC. The van der Waals surface area contributed by atoms with E-state index in [9.17, 15) is 0 Å². The van der Waals surface area contributed by atoms with E-state index in [1.165, 1.54) is 0 Å². The highest BCUT2D eigenvalue weighted by atomic mass is 32.1. The van der Waals surface area contributed by atoms with Crippen LogP contribution in [0.15, 0.2) is 41.8 Å². The molecular formula is C17H23NO2S. The van der Waals surface area contributed by atoms with Gasteiger partial charge < -0.3 is 15.2 Å². The van der Waals surface area contributed by atoms with Gasteiger partial charge in [-0.15, -0.1) is 11.3 Å². The summed E-state index contributed by atoms with van der Waals surface area (Å²) in [5, 5.41) is 2.05. The van der Waals surface area contributed by atoms with E-state index >= 15 is 0 Å². The lowest BCUT2D eigenvalue weighted by atomic mass is 10.1. The molecular weight excluding hydrogens is 282 g/mol. The van der Waals surface area contributed by atoms with E-state index in [1.54, 1.807) is 11.3 Å². The molecule has 0 aliphatic rings. The third kappa shape index (κ3) is 4.22. The van der Waals surface area contributed by atoms with Gasteiger partial charge in [0.25, 0.3) is 0 Å². The Kier molecular flexibility index (Phi) is 6.08. The summed E-state index contributed by atoms with van der Waals surface area (Å²) in [7, 11) is 0. The Labute approximate surface area is 130 Å². The number of thiophene rings is 1. The van der Waals surface area contributed by atoms with Crippen molar-refractivity contribution in [1.29, 1.82) is 0 Å². The van der Waals surface area contributed by atoms with E-state index in [1.807, 2.05) is 35.7 Å². The van der Waals surface area contributed by atoms with Crippen molar-refractivity contribution in [1.82, 2.24) is 0 Å². The molecule has 3 nitrogen and oxygen atoms in total. The van der Waals surface area contributed by atoms with Crippen molar-refractivity contribution in [2.24, 2.45) is 5.73 Å². The van der Waals surface area contributed by atoms with Gasteiger partial charge >= 0.3 is 0 Å². The number of nitrogens with two attached hydrogens (primary N) is 1. The van der Waals surface area contributed by atoms with Gasteiger partial charge in [0.1, 0.15) is 6.10 Å². The number of hydrogen-bond donors (Lipinski definition) is 1. The van der Waals surface area contributed by atoms with Gasteiger partial charge in [0.05, 0.1) is 6.61 Å². The molecule has 114 valence electrons. The Morgan fingerprint density at radius 1 is 1.10 bits per heavy atom. The normalized spacial score (nSPS) is 13.7. The van der Waals surface area contributed by atoms with Gasteiger partial charge in [0.15, 0.2) is 11.5 Å². The molecule has 21 heavy (non-hydrogen) atoms. The van der Waals surface area contributed by atoms with Crippen LogP contribution in [0, 0.1) is 0 Å². The van der Waals surface area contributed by atoms with E-state index in [2.05, 4.69) is 19.9 Å². The van der Waals surface area contributed by atoms with Crippen LogP contribution in [0.4, 0.5) is 0 Å². The largest absolute Gasteiger partial charge is 0.490 e. The minimum atomic E-state index is -0.138. The number of ether oxygens (including phenoxy) is 2. The van der Waals surface area contributed by atoms with Crippen molar-refractivity contribution < 1.29 is 9.47 Å². The third-order valence-corrected chi connectivity index (χ3v) is 4.18. The first kappa shape index (κ1) is 15.9. The van der Waals surface area contributed by atoms with Crippen molar-refractivity contribution in [3.05, 3.63) is 46.7 Å². The monoisotopic (exact) mass is 305 g/mol. The van der Waals surface area contributed by atoms with Gasteiger partial charge in [0.2, 0.25) is 0 Å². The summed E-state index contributed by atoms with van der Waals surface area (Å²) in [4.78, 5) is 1.15. The summed E-state index contributed by atoms with van der Waals surface area (Å²) >= 11 is 1.67. The molecule has 2 N–H and O–H groups in total. The van der Waals surface area contributed by atoms with Crippen LogP contribution in [-0.4, -0.2) is 12.6 Å². The molecule has 2 rings (SSSR count). The van der Waals surface area contributed by atoms with Crippen molar-refractivity contribution in [3.8, 4) is 11.5 Å². The molecule has 1 heterocycles. The molecule has 0 bridgehead atoms. The summed E-state index contributed by atoms with van der Waals surface area (Å²) in [6.45, 7) is 4.85. The molecule has 0 saturated heterocycles. The first-order chi connectivity index (χ1) is 10.3. The van der Waals surface area contributed by atoms with E-state index in [-0.39, 0.29) is 12.1 Å². The minimum Gasteiger partial charge on any atom is -0.490 e. The topological polar surface area (TPSA) is 44.5 Å². The highest BCUT2D eigenvalue weighted by Crippen LogP contribution is 2.34. The highest BCUT2D eigenvalue weighted by Gasteiger charge is 2.22. The molecule has 0 fully saturated rings. The average Bonchev–Trinajstić information content (AvgIpc) is 3.04. The van der Waals surface area contributed by atoms with Crippen LogP contribution in [0.2, 0.25) is 0 Å². The summed E-state index contributed by atoms with van der Waals surface area (Å²) in [5.74, 6) is 1.54. The zero-order valence-corrected chi connectivity index (χ0v) is 13.4. The molecule has 0 aliphatic heterocycles. The van der Waals surface area contributed by atoms with Crippen molar-refractivity contribution in [2.45, 2.75) is 38.8 Å². The van der Waals surface area contributed by atoms with Crippen LogP contribution < -0.4 is 15.2 Å². The number of rotatable bonds is 8. The standard InChI is InChI=1S/C17H23NO2S/c1-3-11-19-14-8-5-6-9-15(14)20-17(13(18)4-2)16-10-7-12-21-16/h5-10,12-13,17H,3-4,11,18H2,1-2H3. The minimum absolute atomic E-state index is 0.0390. The Balaban J connectivity index is 2.20. The third-order valence-electron chi connectivity index (χ3n) is 3.25. The van der Waals surface area contributed by atoms with Gasteiger partial charge in [-0.3, -0.25) is 0 Å². The van der Waals surface area contributed by atoms with Gasteiger partial charge in [0, 0.05) is 10.9 Å². The van der Waals surface area contributed by atoms with Crippen LogP contribution in [0.1, 0.15) is 37.7 Å². The van der Waals surface area contributed by atoms with Crippen molar-refractivity contribution in [2.75, 3.05) is 6.61 Å². The summed E-state index contributed by atoms with van der Waals surface area (Å²) in [6, 6.07) is 11.8. The van der Waals surface area contributed by atoms with E-state index < -0.39 is 0 Å². The lowest BCUT2D eigenvalue weighted by Crippen LogP contribution is -2.31. The maximum atomic E-state index is 6.25. The molecule has 2 unspecified atom stereocenters. The molecule has 0 saturated carbocycles. The molecule has 1 aromatic carbocycles. The van der Waals surface area contributed by atoms with Crippen LogP contribution >= 0.6 is 11.3 Å². The molecule has 0 aliphatic carbocycles. The summed E-state index contributed by atoms with van der Waals surface area (Å²) in [6.07, 6.45) is 1.69. The molecule has 2 atom stereocenters. The Morgan fingerprint density at radius 2 is 1.86 bits per heavy atom. The lowest BCUT2D eigenvalue weighted by molar-refractivity contribution is 0.164. The van der Waals surface area contributed by atoms with Gasteiger partial charge in [-0.2, -0.15) is 0 Å². The number of para-hydroxylation sites is 2. The smallest absolute Gasteiger partial charge is 0.162 e. The van der Waals surface area contributed by atoms with Crippen molar-refractivity contribution in [3.63, 3.8) is 0 Å². The molecule has 4 heteroatoms. The molecule has 0 amide bonds. The summed E-state index contributed by atoms with van der Waals surface area (Å²) in [5.41, 5.74) is 6.25. The summed E-state index contributed by atoms with van der Waals surface area (Å²) < 4.78 is 12.0. The fraction of sp³-hybridized carbons (Fsp3) is 0.412. The van der Waals surface area contributed by atoms with Gasteiger partial charge in [-0.05, 0) is 36.4 Å². The van der Waals surface area contributed by atoms with Crippen LogP contribution in [0.3, 0.4) is 0 Å². The highest BCUT2D eigenvalue weighted by molar-refractivity contribution is 7.10. The van der Waals surface area contributed by atoms with Crippen molar-refractivity contribution >= 4 is 11.3 Å². The first-order valence-corrected chi connectivity index (χ1v) is 8.31. The van der Waals surface area contributed by atoms with Crippen LogP contribution in [0.5, 0.6) is 11.5 Å². The fourth-order valence-corrected chi connectivity index (χ4v) is 2.87. The zero-order chi connectivity index (χ0) is 15.1. The predicted octanol–water partition coefficient (Wildman–Crippen LogP) is 4.39. The van der Waals surface area contributed by atoms with E-state index in [4.69, 9.17) is 15.2 Å². The lowest BCUT2D eigenvalue weighted by Gasteiger charge is -2.24. The number of hydrogen-bond acceptors (Lipinski definition) is 4. The Morgan fingerprint density at radius 3 is 2.48 bits per heavy atom. The zero-order valence-electron chi connectivity index (χ0n) is 12.6. The van der Waals surface area contributed by atoms with Crippen LogP contribution in [-0.2, 0) is 0 Å². The second-order valence-electron chi connectivity index (χ2n) is 4.92. The first-order valence-electron chi connectivity index (χ1n) is 7.43. The van der Waals surface area contributed by atoms with E-state index in [0.717, 1.165) is 29.2 Å². The maximum Gasteiger partial charge on any atom is 0.162 e. The Bertz CT molecular complexity index is 527. The van der Waals surface area contributed by atoms with Crippen LogP contribution in [0.25, 0.3) is 0 Å². The molecule has 1 aromatic heterocycles. The predicted molar refractivity (Wildman–Crippen MR) is 88.2 cm³/mol. The molecule has 0 radical (unpaired) electrons. The second kappa shape index (κ2) is 8.05.